The number of hydrogen-bond donors (Lipinski definition) is 1. The van der Waals surface area contributed by atoms with Gasteiger partial charge in [0, 0.05) is 17.1 Å². The lowest BCUT2D eigenvalue weighted by atomic mass is 10.1. The van der Waals surface area contributed by atoms with Crippen molar-refractivity contribution in [1.29, 1.82) is 0 Å². The fraction of sp³-hybridized carbons (Fsp3) is 0.217. The third-order valence-electron chi connectivity index (χ3n) is 5.05. The minimum Gasteiger partial charge on any atom is -0.453 e. The Kier molecular flexibility index (Phi) is 6.95. The van der Waals surface area contributed by atoms with E-state index >= 15 is 4.39 Å². The number of anilines is 1. The first kappa shape index (κ1) is 22.8. The number of halogens is 2. The van der Waals surface area contributed by atoms with E-state index in [2.05, 4.69) is 26.2 Å². The molecule has 0 spiro atoms. The second-order valence-electron chi connectivity index (χ2n) is 7.22. The molecule has 1 saturated heterocycles. The molecular weight excluding hydrogens is 497 g/mol. The molecule has 170 valence electrons. The van der Waals surface area contributed by atoms with Gasteiger partial charge >= 0.3 is 11.7 Å². The first-order valence-electron chi connectivity index (χ1n) is 10.0. The lowest BCUT2D eigenvalue weighted by Crippen LogP contribution is -2.36. The van der Waals surface area contributed by atoms with Crippen LogP contribution >= 0.6 is 15.9 Å². The topological polar surface area (TPSA) is 99.5 Å². The number of nitrogens with one attached hydrogen (secondary N) is 1. The molecule has 8 nitrogen and oxygen atoms in total. The third kappa shape index (κ3) is 5.01. The Hall–Kier alpha value is -3.37. The lowest BCUT2D eigenvalue weighted by molar-refractivity contribution is -0.0200. The van der Waals surface area contributed by atoms with Crippen LogP contribution in [-0.2, 0) is 9.47 Å². The Morgan fingerprint density at radius 3 is 2.30 bits per heavy atom. The van der Waals surface area contributed by atoms with Crippen molar-refractivity contribution < 1.29 is 23.5 Å². The molecule has 1 unspecified atom stereocenters. The molecule has 0 radical (unpaired) electrons. The molecule has 4 atom stereocenters. The highest BCUT2D eigenvalue weighted by Crippen LogP contribution is 2.34. The molecule has 10 heteroatoms. The Morgan fingerprint density at radius 1 is 1.06 bits per heavy atom. The summed E-state index contributed by atoms with van der Waals surface area (Å²) in [6.07, 6.45) is -3.93. The number of benzene rings is 2. The largest absolute Gasteiger partial charge is 0.453 e. The van der Waals surface area contributed by atoms with Crippen LogP contribution in [0.1, 0.15) is 26.9 Å². The van der Waals surface area contributed by atoms with Crippen LogP contribution in [0, 0.1) is 0 Å². The van der Waals surface area contributed by atoms with Gasteiger partial charge in [-0.05, 0) is 30.3 Å². The first-order chi connectivity index (χ1) is 16.0. The number of carbonyl (C=O) groups excluding carboxylic acids is 2. The quantitative estimate of drug-likeness (QED) is 0.399. The van der Waals surface area contributed by atoms with Crippen molar-refractivity contribution >= 4 is 33.6 Å². The maximum absolute atomic E-state index is 15.3. The average Bonchev–Trinajstić information content (AvgIpc) is 3.15. The van der Waals surface area contributed by atoms with E-state index in [1.54, 1.807) is 60.7 Å². The van der Waals surface area contributed by atoms with Crippen LogP contribution in [0.5, 0.6) is 0 Å². The molecule has 33 heavy (non-hydrogen) atoms. The SMILES string of the molecule is O=C(Nc1ccn([C@@H]2O[C@H](CBr)C(OC(=O)c3ccccc3)[C@@H]2F)c(=O)n1)c1ccccc1. The van der Waals surface area contributed by atoms with Crippen LogP contribution in [0.25, 0.3) is 0 Å². The number of esters is 1. The monoisotopic (exact) mass is 515 g/mol. The minimum atomic E-state index is -1.82. The van der Waals surface area contributed by atoms with Crippen molar-refractivity contribution in [2.45, 2.75) is 24.6 Å². The van der Waals surface area contributed by atoms with Gasteiger partial charge in [-0.15, -0.1) is 0 Å². The standard InChI is InChI=1S/C23H19BrFN3O5/c24-13-16-19(33-22(30)15-9-5-2-6-10-15)18(25)21(32-16)28-12-11-17(27-23(28)31)26-20(29)14-7-3-1-4-8-14/h1-12,16,18-19,21H,13H2,(H,26,27,29,31)/t16-,18+,19?,21-/m1/s1. The Balaban J connectivity index is 1.49. The van der Waals surface area contributed by atoms with Gasteiger partial charge in [0.25, 0.3) is 5.91 Å². The molecule has 1 aliphatic heterocycles. The van der Waals surface area contributed by atoms with Crippen molar-refractivity contribution in [2.24, 2.45) is 0 Å². The third-order valence-corrected chi connectivity index (χ3v) is 5.69. The zero-order valence-corrected chi connectivity index (χ0v) is 18.7. The molecule has 0 saturated carbocycles. The molecule has 0 aliphatic carbocycles. The summed E-state index contributed by atoms with van der Waals surface area (Å²) in [5.74, 6) is -1.11. The lowest BCUT2D eigenvalue weighted by Gasteiger charge is -2.18. The molecule has 1 aromatic heterocycles. The molecule has 2 aromatic carbocycles. The number of aromatic nitrogens is 2. The van der Waals surface area contributed by atoms with E-state index in [-0.39, 0.29) is 16.7 Å². The summed E-state index contributed by atoms with van der Waals surface area (Å²) in [4.78, 5) is 41.0. The van der Waals surface area contributed by atoms with E-state index in [1.165, 1.54) is 12.3 Å². The van der Waals surface area contributed by atoms with Gasteiger partial charge in [-0.2, -0.15) is 4.98 Å². The Bertz CT molecular complexity index is 1190. The van der Waals surface area contributed by atoms with Gasteiger partial charge in [-0.1, -0.05) is 52.3 Å². The zero-order valence-electron chi connectivity index (χ0n) is 17.1. The number of ether oxygens (including phenoxy) is 2. The molecule has 1 aliphatic rings. The number of rotatable bonds is 6. The van der Waals surface area contributed by atoms with Gasteiger partial charge in [0.05, 0.1) is 5.56 Å². The van der Waals surface area contributed by atoms with E-state index in [0.29, 0.717) is 5.56 Å². The second kappa shape index (κ2) is 10.1. The highest BCUT2D eigenvalue weighted by Gasteiger charge is 2.48. The summed E-state index contributed by atoms with van der Waals surface area (Å²) in [6.45, 7) is 0. The molecule has 2 heterocycles. The van der Waals surface area contributed by atoms with E-state index in [1.807, 2.05) is 0 Å². The van der Waals surface area contributed by atoms with Crippen LogP contribution in [-0.4, -0.2) is 45.1 Å². The van der Waals surface area contributed by atoms with E-state index in [9.17, 15) is 14.4 Å². The highest BCUT2D eigenvalue weighted by atomic mass is 79.9. The van der Waals surface area contributed by atoms with Crippen LogP contribution in [0.3, 0.4) is 0 Å². The number of carbonyl (C=O) groups is 2. The minimum absolute atomic E-state index is 0.0163. The number of alkyl halides is 2. The molecular formula is C23H19BrFN3O5. The molecule has 1 amide bonds. The van der Waals surface area contributed by atoms with Crippen LogP contribution in [0.2, 0.25) is 0 Å². The van der Waals surface area contributed by atoms with Crippen molar-refractivity contribution in [2.75, 3.05) is 10.6 Å². The predicted molar refractivity (Wildman–Crippen MR) is 121 cm³/mol. The fourth-order valence-electron chi connectivity index (χ4n) is 3.40. The van der Waals surface area contributed by atoms with Gasteiger partial charge in [-0.3, -0.25) is 9.36 Å². The maximum atomic E-state index is 15.3. The average molecular weight is 516 g/mol. The van der Waals surface area contributed by atoms with Gasteiger partial charge < -0.3 is 14.8 Å². The molecule has 3 aromatic rings. The summed E-state index contributed by atoms with van der Waals surface area (Å²) < 4.78 is 27.3. The highest BCUT2D eigenvalue weighted by molar-refractivity contribution is 9.09. The van der Waals surface area contributed by atoms with Gasteiger partial charge in [-0.25, -0.2) is 14.0 Å². The summed E-state index contributed by atoms with van der Waals surface area (Å²) in [7, 11) is 0. The second-order valence-corrected chi connectivity index (χ2v) is 7.87. The molecule has 0 bridgehead atoms. The smallest absolute Gasteiger partial charge is 0.351 e. The van der Waals surface area contributed by atoms with Crippen molar-refractivity contribution in [3.63, 3.8) is 0 Å². The normalized spacial score (nSPS) is 22.0. The van der Waals surface area contributed by atoms with E-state index in [0.717, 1.165) is 4.57 Å². The molecule has 1 N–H and O–H groups in total. The summed E-state index contributed by atoms with van der Waals surface area (Å²) in [5, 5.41) is 2.71. The first-order valence-corrected chi connectivity index (χ1v) is 11.2. The number of amides is 1. The van der Waals surface area contributed by atoms with E-state index < -0.39 is 42.2 Å². The van der Waals surface area contributed by atoms with Crippen LogP contribution in [0.4, 0.5) is 10.2 Å². The van der Waals surface area contributed by atoms with Crippen molar-refractivity contribution in [1.82, 2.24) is 9.55 Å². The van der Waals surface area contributed by atoms with Crippen LogP contribution in [0.15, 0.2) is 77.7 Å². The van der Waals surface area contributed by atoms with Crippen molar-refractivity contribution in [3.05, 3.63) is 94.5 Å². The summed E-state index contributed by atoms with van der Waals surface area (Å²) >= 11 is 3.24. The van der Waals surface area contributed by atoms with Crippen molar-refractivity contribution in [3.8, 4) is 0 Å². The summed E-state index contributed by atoms with van der Waals surface area (Å²) in [5.41, 5.74) is -0.148. The number of nitrogens with zero attached hydrogens (tertiary/aromatic N) is 2. The van der Waals surface area contributed by atoms with E-state index in [4.69, 9.17) is 9.47 Å². The fourth-order valence-corrected chi connectivity index (χ4v) is 3.92. The van der Waals surface area contributed by atoms with Gasteiger partial charge in [0.15, 0.2) is 18.5 Å². The van der Waals surface area contributed by atoms with Gasteiger partial charge in [0.2, 0.25) is 0 Å². The Morgan fingerprint density at radius 2 is 1.70 bits per heavy atom. The predicted octanol–water partition coefficient (Wildman–Crippen LogP) is 3.35. The maximum Gasteiger partial charge on any atom is 0.351 e. The Labute approximate surface area is 196 Å². The van der Waals surface area contributed by atoms with Gasteiger partial charge in [0.1, 0.15) is 11.9 Å². The molecule has 1 fully saturated rings. The number of hydrogen-bond acceptors (Lipinski definition) is 6. The van der Waals surface area contributed by atoms with Crippen LogP contribution < -0.4 is 11.0 Å². The summed E-state index contributed by atoms with van der Waals surface area (Å²) in [6, 6.07) is 18.0. The zero-order chi connectivity index (χ0) is 23.4. The molecule has 4 rings (SSSR count).